The van der Waals surface area contributed by atoms with Crippen LogP contribution in [-0.2, 0) is 0 Å². The first-order valence-corrected chi connectivity index (χ1v) is 18.6. The molecule has 6 heterocycles. The third-order valence-corrected chi connectivity index (χ3v) is 10.9. The summed E-state index contributed by atoms with van der Waals surface area (Å²) in [6, 6.07) is 7.61. The van der Waals surface area contributed by atoms with Gasteiger partial charge in [0.15, 0.2) is 0 Å². The highest BCUT2D eigenvalue weighted by atomic mass is 15.4. The predicted octanol–water partition coefficient (Wildman–Crippen LogP) is 4.60. The van der Waals surface area contributed by atoms with Crippen LogP contribution in [0.4, 0.5) is 17.1 Å². The van der Waals surface area contributed by atoms with Crippen molar-refractivity contribution in [2.45, 2.75) is 133 Å². The first kappa shape index (κ1) is 31.3. The molecule has 1 aromatic carbocycles. The van der Waals surface area contributed by atoms with E-state index in [0.717, 1.165) is 39.1 Å². The second kappa shape index (κ2) is 15.5. The van der Waals surface area contributed by atoms with E-state index in [9.17, 15) is 0 Å². The smallest absolute Gasteiger partial charge is 0.120 e. The minimum atomic E-state index is 0.108. The van der Waals surface area contributed by atoms with E-state index < -0.39 is 0 Å². The summed E-state index contributed by atoms with van der Waals surface area (Å²) in [5.41, 5.74) is 4.02. The predicted molar refractivity (Wildman–Crippen MR) is 187 cm³/mol. The van der Waals surface area contributed by atoms with Gasteiger partial charge in [-0.1, -0.05) is 6.08 Å². The summed E-state index contributed by atoms with van der Waals surface area (Å²) in [7, 11) is 0. The summed E-state index contributed by atoms with van der Waals surface area (Å²) in [5, 5.41) is 23.4. The maximum Gasteiger partial charge on any atom is 0.120 e. The molecule has 6 atom stereocenters. The van der Waals surface area contributed by atoms with Gasteiger partial charge in [-0.3, -0.25) is 26.6 Å². The second-order valence-electron chi connectivity index (χ2n) is 14.1. The largest absolute Gasteiger partial charge is 0.368 e. The van der Waals surface area contributed by atoms with Gasteiger partial charge < -0.3 is 20.0 Å². The first-order chi connectivity index (χ1) is 22.3. The minimum Gasteiger partial charge on any atom is -0.368 e. The molecule has 248 valence electrons. The Morgan fingerprint density at radius 3 is 1.09 bits per heavy atom. The first-order valence-electron chi connectivity index (χ1n) is 18.6. The molecule has 7 rings (SSSR count). The van der Waals surface area contributed by atoms with Crippen LogP contribution in [0.5, 0.6) is 0 Å². The van der Waals surface area contributed by atoms with Crippen molar-refractivity contribution in [2.75, 3.05) is 47.4 Å². The lowest BCUT2D eigenvalue weighted by atomic mass is 10.0. The second-order valence-corrected chi connectivity index (χ2v) is 14.1. The van der Waals surface area contributed by atoms with E-state index in [2.05, 4.69) is 89.2 Å². The van der Waals surface area contributed by atoms with E-state index in [0.29, 0.717) is 30.8 Å². The van der Waals surface area contributed by atoms with Crippen molar-refractivity contribution in [1.29, 1.82) is 0 Å². The average Bonchev–Trinajstić information content (AvgIpc) is 3.12. The molecule has 0 radical (unpaired) electrons. The highest BCUT2D eigenvalue weighted by Crippen LogP contribution is 2.38. The fourth-order valence-electron chi connectivity index (χ4n) is 8.68. The van der Waals surface area contributed by atoms with Crippen molar-refractivity contribution < 1.29 is 0 Å². The lowest BCUT2D eigenvalue weighted by molar-refractivity contribution is 0.303. The van der Waals surface area contributed by atoms with Crippen molar-refractivity contribution in [2.24, 2.45) is 0 Å². The van der Waals surface area contributed by atoms with Gasteiger partial charge in [0.05, 0.1) is 30.8 Å². The van der Waals surface area contributed by atoms with Gasteiger partial charge in [0.25, 0.3) is 0 Å². The van der Waals surface area contributed by atoms with Crippen LogP contribution in [0, 0.1) is 0 Å². The van der Waals surface area contributed by atoms with Gasteiger partial charge in [-0.05, 0) is 166 Å². The van der Waals surface area contributed by atoms with Gasteiger partial charge >= 0.3 is 0 Å². The Bertz CT molecular complexity index is 1020. The fraction of sp³-hybridized carbons (Fsp3) is 0.722. The Morgan fingerprint density at radius 1 is 0.422 bits per heavy atom. The SMILES string of the molecule is C1=CNC(N(c2cc(N(C3CCCCN3)C3CCCCN3)cc(N(C3CCCCN3)C3CCCCN3)c2)C2CCCCN2)C=C1. The molecular weight excluding hydrogens is 558 g/mol. The zero-order chi connectivity index (χ0) is 30.3. The molecule has 45 heavy (non-hydrogen) atoms. The van der Waals surface area contributed by atoms with Crippen LogP contribution in [0.3, 0.4) is 0 Å². The van der Waals surface area contributed by atoms with Gasteiger partial charge in [0.1, 0.15) is 6.17 Å². The number of anilines is 3. The summed E-state index contributed by atoms with van der Waals surface area (Å²) in [4.78, 5) is 8.15. The molecule has 6 unspecified atom stereocenters. The normalized spacial score (nSPS) is 32.4. The lowest BCUT2D eigenvalue weighted by Gasteiger charge is -2.47. The number of hydrogen-bond acceptors (Lipinski definition) is 9. The zero-order valence-corrected chi connectivity index (χ0v) is 27.5. The van der Waals surface area contributed by atoms with Crippen LogP contribution in [0.15, 0.2) is 42.6 Å². The maximum atomic E-state index is 3.95. The lowest BCUT2D eigenvalue weighted by Crippen LogP contribution is -2.60. The molecule has 5 saturated heterocycles. The molecule has 0 amide bonds. The molecule has 0 bridgehead atoms. The van der Waals surface area contributed by atoms with Gasteiger partial charge in [0.2, 0.25) is 0 Å². The third-order valence-electron chi connectivity index (χ3n) is 10.9. The van der Waals surface area contributed by atoms with E-state index in [1.807, 2.05) is 0 Å². The number of hydrogen-bond donors (Lipinski definition) is 6. The summed E-state index contributed by atoms with van der Waals surface area (Å²) < 4.78 is 0. The standard InChI is InChI=1S/C36H59N9/c1-7-19-37-31(13-1)43(32-14-2-8-20-38-32)28-25-29(44(33-15-3-9-21-39-33)34-16-4-10-22-40-34)27-30(26-28)45(35-17-5-11-23-41-35)36-18-6-12-24-42-36/h1,7,13,19,25-27,31-42H,2-6,8-12,14-18,20-24H2. The summed E-state index contributed by atoms with van der Waals surface area (Å²) in [5.74, 6) is 0. The Balaban J connectivity index is 1.35. The van der Waals surface area contributed by atoms with Crippen molar-refractivity contribution >= 4 is 17.1 Å². The molecule has 0 aromatic heterocycles. The molecule has 9 heteroatoms. The highest BCUT2D eigenvalue weighted by molar-refractivity contribution is 5.71. The van der Waals surface area contributed by atoms with Crippen molar-refractivity contribution in [3.05, 3.63) is 42.6 Å². The molecule has 9 nitrogen and oxygen atoms in total. The van der Waals surface area contributed by atoms with Gasteiger partial charge in [-0.25, -0.2) is 0 Å². The molecular formula is C36H59N9. The van der Waals surface area contributed by atoms with Crippen molar-refractivity contribution in [1.82, 2.24) is 31.9 Å². The molecule has 6 aliphatic heterocycles. The highest BCUT2D eigenvalue weighted by Gasteiger charge is 2.35. The van der Waals surface area contributed by atoms with E-state index >= 15 is 0 Å². The van der Waals surface area contributed by atoms with Crippen LogP contribution >= 0.6 is 0 Å². The number of nitrogens with one attached hydrogen (secondary N) is 6. The number of piperidine rings is 5. The monoisotopic (exact) mass is 617 g/mol. The van der Waals surface area contributed by atoms with Gasteiger partial charge in [-0.2, -0.15) is 0 Å². The van der Waals surface area contributed by atoms with Crippen LogP contribution < -0.4 is 46.6 Å². The molecule has 6 N–H and O–H groups in total. The molecule has 0 saturated carbocycles. The van der Waals surface area contributed by atoms with Crippen molar-refractivity contribution in [3.8, 4) is 0 Å². The Morgan fingerprint density at radius 2 is 0.778 bits per heavy atom. The van der Waals surface area contributed by atoms with Gasteiger partial charge in [0, 0.05) is 17.1 Å². The zero-order valence-electron chi connectivity index (χ0n) is 27.5. The summed E-state index contributed by atoms with van der Waals surface area (Å²) in [6.45, 7) is 5.49. The van der Waals surface area contributed by atoms with Crippen LogP contribution in [0.25, 0.3) is 0 Å². The van der Waals surface area contributed by atoms with Gasteiger partial charge in [-0.15, -0.1) is 0 Å². The number of nitrogens with zero attached hydrogens (tertiary/aromatic N) is 3. The quantitative estimate of drug-likeness (QED) is 0.238. The van der Waals surface area contributed by atoms with Crippen LogP contribution in [0.2, 0.25) is 0 Å². The summed E-state index contributed by atoms with van der Waals surface area (Å²) in [6.07, 6.45) is 29.3. The molecule has 6 aliphatic rings. The van der Waals surface area contributed by atoms with Crippen LogP contribution in [0.1, 0.15) is 96.3 Å². The topological polar surface area (TPSA) is 81.9 Å². The van der Waals surface area contributed by atoms with Crippen LogP contribution in [-0.4, -0.2) is 69.7 Å². The summed E-state index contributed by atoms with van der Waals surface area (Å²) >= 11 is 0. The fourth-order valence-corrected chi connectivity index (χ4v) is 8.68. The minimum absolute atomic E-state index is 0.108. The average molecular weight is 618 g/mol. The Kier molecular flexibility index (Phi) is 10.8. The third kappa shape index (κ3) is 7.49. The van der Waals surface area contributed by atoms with E-state index in [1.54, 1.807) is 0 Å². The number of benzene rings is 1. The Labute approximate surface area is 272 Å². The molecule has 5 fully saturated rings. The number of allylic oxidation sites excluding steroid dienone is 2. The maximum absolute atomic E-state index is 3.95. The van der Waals surface area contributed by atoms with E-state index in [4.69, 9.17) is 0 Å². The number of rotatable bonds is 9. The van der Waals surface area contributed by atoms with E-state index in [-0.39, 0.29) is 6.17 Å². The molecule has 0 aliphatic carbocycles. The number of dihydropyridines is 1. The molecule has 0 spiro atoms. The van der Waals surface area contributed by atoms with Crippen molar-refractivity contribution in [3.63, 3.8) is 0 Å². The molecule has 1 aromatic rings. The Hall–Kier alpha value is -2.30. The van der Waals surface area contributed by atoms with E-state index in [1.165, 1.54) is 107 Å².